The molecule has 7 heteroatoms. The Kier molecular flexibility index (Phi) is 6.66. The van der Waals surface area contributed by atoms with Crippen LogP contribution in [0.5, 0.6) is 11.5 Å². The number of benzene rings is 2. The Morgan fingerprint density at radius 1 is 0.778 bits per heavy atom. The average Bonchev–Trinajstić information content (AvgIpc) is 2.90. The maximum absolute atomic E-state index is 12.0. The van der Waals surface area contributed by atoms with Gasteiger partial charge in [0.1, 0.15) is 11.5 Å². The van der Waals surface area contributed by atoms with Crippen molar-refractivity contribution in [1.29, 1.82) is 0 Å². The molecule has 180 valence electrons. The molecule has 4 aromatic rings. The third-order valence-corrected chi connectivity index (χ3v) is 7.86. The highest BCUT2D eigenvalue weighted by atomic mass is 31.2. The van der Waals surface area contributed by atoms with Gasteiger partial charge in [0.25, 0.3) is 0 Å². The van der Waals surface area contributed by atoms with Crippen LogP contribution in [0.4, 0.5) is 0 Å². The van der Waals surface area contributed by atoms with Gasteiger partial charge in [0.15, 0.2) is 31.3 Å². The number of pyridine rings is 2. The van der Waals surface area contributed by atoms with Crippen LogP contribution in [0.2, 0.25) is 0 Å². The molecule has 0 saturated heterocycles. The summed E-state index contributed by atoms with van der Waals surface area (Å²) in [6.07, 6.45) is 14.4. The predicted octanol–water partition coefficient (Wildman–Crippen LogP) is 3.88. The molecule has 5 rings (SSSR count). The summed E-state index contributed by atoms with van der Waals surface area (Å²) in [6, 6.07) is 25.4. The number of para-hydroxylation sites is 1. The maximum atomic E-state index is 12.0. The van der Waals surface area contributed by atoms with E-state index in [2.05, 4.69) is 0 Å². The van der Waals surface area contributed by atoms with E-state index in [0.717, 1.165) is 28.3 Å². The van der Waals surface area contributed by atoms with Crippen LogP contribution in [0, 0.1) is 0 Å². The number of rotatable bonds is 7. The Balaban J connectivity index is 1.28. The SMILES string of the molecule is O=P([O-])([O-])C1(C[n+]2ccc(-c3cc[n+](-c4ccc(Oc5ccccc5)cc4)cc3)cc2)C=CC=CC1. The van der Waals surface area contributed by atoms with Gasteiger partial charge in [0, 0.05) is 36.4 Å². The van der Waals surface area contributed by atoms with E-state index < -0.39 is 12.8 Å². The lowest BCUT2D eigenvalue weighted by molar-refractivity contribution is -0.700. The minimum Gasteiger partial charge on any atom is -0.810 e. The van der Waals surface area contributed by atoms with Gasteiger partial charge >= 0.3 is 0 Å². The van der Waals surface area contributed by atoms with Crippen molar-refractivity contribution in [2.24, 2.45) is 0 Å². The Morgan fingerprint density at radius 3 is 1.97 bits per heavy atom. The van der Waals surface area contributed by atoms with Crippen LogP contribution in [0.1, 0.15) is 6.42 Å². The number of aromatic nitrogens is 2. The molecule has 1 aliphatic rings. The second-order valence-electron chi connectivity index (χ2n) is 8.75. The van der Waals surface area contributed by atoms with Gasteiger partial charge in [-0.05, 0) is 41.8 Å². The molecule has 1 atom stereocenters. The summed E-state index contributed by atoms with van der Waals surface area (Å²) < 4.78 is 21.6. The summed E-state index contributed by atoms with van der Waals surface area (Å²) in [5.74, 6) is 1.57. The topological polar surface area (TPSA) is 80.2 Å². The van der Waals surface area contributed by atoms with Crippen LogP contribution in [0.25, 0.3) is 16.8 Å². The van der Waals surface area contributed by atoms with E-state index in [4.69, 9.17) is 4.74 Å². The zero-order chi connectivity index (χ0) is 25.0. The van der Waals surface area contributed by atoms with Gasteiger partial charge in [0.2, 0.25) is 5.69 Å². The summed E-state index contributed by atoms with van der Waals surface area (Å²) in [7, 11) is -4.83. The molecule has 1 unspecified atom stereocenters. The van der Waals surface area contributed by atoms with Crippen molar-refractivity contribution < 1.29 is 28.2 Å². The maximum Gasteiger partial charge on any atom is 0.210 e. The number of ether oxygens (including phenoxy) is 1. The fourth-order valence-corrected chi connectivity index (χ4v) is 5.17. The van der Waals surface area contributed by atoms with Gasteiger partial charge in [-0.15, -0.1) is 0 Å². The molecule has 0 N–H and O–H groups in total. The van der Waals surface area contributed by atoms with E-state index in [9.17, 15) is 14.4 Å². The largest absolute Gasteiger partial charge is 0.810 e. The normalized spacial score (nSPS) is 17.2. The molecule has 0 spiro atoms. The minimum absolute atomic E-state index is 0.0805. The minimum atomic E-state index is -4.83. The van der Waals surface area contributed by atoms with Gasteiger partial charge in [-0.3, -0.25) is 0 Å². The first-order valence-electron chi connectivity index (χ1n) is 11.6. The Hall–Kier alpha value is -3.83. The third-order valence-electron chi connectivity index (χ3n) is 6.29. The lowest BCUT2D eigenvalue weighted by Crippen LogP contribution is -2.50. The molecule has 0 saturated carbocycles. The van der Waals surface area contributed by atoms with Crippen LogP contribution < -0.4 is 23.7 Å². The van der Waals surface area contributed by atoms with Gasteiger partial charge in [-0.2, -0.15) is 4.57 Å². The highest BCUT2D eigenvalue weighted by Gasteiger charge is 2.35. The van der Waals surface area contributed by atoms with E-state index in [1.165, 1.54) is 6.08 Å². The van der Waals surface area contributed by atoms with E-state index in [0.29, 0.717) is 0 Å². The van der Waals surface area contributed by atoms with E-state index in [1.807, 2.05) is 108 Å². The molecule has 1 aliphatic carbocycles. The molecule has 0 amide bonds. The molecule has 2 aromatic heterocycles. The number of nitrogens with zero attached hydrogens (tertiary/aromatic N) is 2. The van der Waals surface area contributed by atoms with Crippen LogP contribution >= 0.6 is 7.60 Å². The summed E-state index contributed by atoms with van der Waals surface area (Å²) in [5, 5.41) is -1.44. The third kappa shape index (κ3) is 5.21. The number of hydrogen-bond donors (Lipinski definition) is 0. The molecule has 36 heavy (non-hydrogen) atoms. The van der Waals surface area contributed by atoms with Gasteiger partial charge in [-0.25, -0.2) is 4.57 Å². The van der Waals surface area contributed by atoms with Crippen molar-refractivity contribution >= 4 is 7.60 Å². The van der Waals surface area contributed by atoms with E-state index in [-0.39, 0.29) is 13.0 Å². The lowest BCUT2D eigenvalue weighted by Gasteiger charge is -2.46. The van der Waals surface area contributed by atoms with Crippen molar-refractivity contribution in [2.75, 3.05) is 0 Å². The summed E-state index contributed by atoms with van der Waals surface area (Å²) in [6.45, 7) is 0.0805. The first-order valence-corrected chi connectivity index (χ1v) is 13.2. The quantitative estimate of drug-likeness (QED) is 0.287. The first-order chi connectivity index (χ1) is 17.4. The predicted molar refractivity (Wildman–Crippen MR) is 133 cm³/mol. The highest BCUT2D eigenvalue weighted by Crippen LogP contribution is 2.48. The van der Waals surface area contributed by atoms with Gasteiger partial charge in [-0.1, -0.05) is 50.1 Å². The second kappa shape index (κ2) is 10.0. The van der Waals surface area contributed by atoms with E-state index in [1.54, 1.807) is 22.8 Å². The monoisotopic (exact) mass is 496 g/mol. The van der Waals surface area contributed by atoms with Crippen LogP contribution in [0.3, 0.4) is 0 Å². The Morgan fingerprint density at radius 2 is 1.39 bits per heavy atom. The highest BCUT2D eigenvalue weighted by molar-refractivity contribution is 7.50. The fourth-order valence-electron chi connectivity index (χ4n) is 4.23. The van der Waals surface area contributed by atoms with E-state index >= 15 is 0 Å². The Labute approximate surface area is 210 Å². The molecule has 2 heterocycles. The number of hydrogen-bond acceptors (Lipinski definition) is 4. The summed E-state index contributed by atoms with van der Waals surface area (Å²) in [5.41, 5.74) is 3.02. The van der Waals surface area contributed by atoms with Crippen LogP contribution in [-0.2, 0) is 11.1 Å². The molecule has 0 aliphatic heterocycles. The van der Waals surface area contributed by atoms with Crippen LogP contribution in [-0.4, -0.2) is 5.16 Å². The summed E-state index contributed by atoms with van der Waals surface area (Å²) >= 11 is 0. The van der Waals surface area contributed by atoms with Gasteiger partial charge in [0.05, 0.1) is 5.16 Å². The zero-order valence-electron chi connectivity index (χ0n) is 19.5. The zero-order valence-corrected chi connectivity index (χ0v) is 20.4. The van der Waals surface area contributed by atoms with Crippen molar-refractivity contribution in [2.45, 2.75) is 18.1 Å². The van der Waals surface area contributed by atoms with Crippen LogP contribution in [0.15, 0.2) is 128 Å². The Bertz CT molecular complexity index is 1430. The van der Waals surface area contributed by atoms with Crippen molar-refractivity contribution in [3.63, 3.8) is 0 Å². The molecule has 0 radical (unpaired) electrons. The first kappa shape index (κ1) is 23.9. The molecule has 0 fully saturated rings. The molecular weight excluding hydrogens is 471 g/mol. The fraction of sp³-hybridized carbons (Fsp3) is 0.103. The van der Waals surface area contributed by atoms with Crippen molar-refractivity contribution in [3.05, 3.63) is 128 Å². The average molecular weight is 497 g/mol. The standard InChI is InChI=1S/C29H25N2O4P/c32-36(33,34)29(17-5-2-6-18-29)23-30-19-13-24(14-20-30)25-15-21-31(22-16-25)26-9-11-28(12-10-26)35-27-7-3-1-4-8-27/h1-17,19-22H,18,23H2. The molecule has 2 aromatic carbocycles. The molecule has 6 nitrogen and oxygen atoms in total. The molecular formula is C29H25N2O4P. The smallest absolute Gasteiger partial charge is 0.210 e. The molecule has 0 bridgehead atoms. The lowest BCUT2D eigenvalue weighted by atomic mass is 9.99. The second-order valence-corrected chi connectivity index (χ2v) is 10.6. The van der Waals surface area contributed by atoms with Crippen molar-refractivity contribution in [3.8, 4) is 28.3 Å². The van der Waals surface area contributed by atoms with Gasteiger partial charge < -0.3 is 19.1 Å². The summed E-state index contributed by atoms with van der Waals surface area (Å²) in [4.78, 5) is 24.0. The number of allylic oxidation sites excluding steroid dienone is 4. The van der Waals surface area contributed by atoms with Crippen molar-refractivity contribution in [1.82, 2.24) is 0 Å².